The molecule has 0 saturated heterocycles. The van der Waals surface area contributed by atoms with Gasteiger partial charge in [0.05, 0.1) is 5.52 Å². The van der Waals surface area contributed by atoms with Gasteiger partial charge in [0.25, 0.3) is 0 Å². The Morgan fingerprint density at radius 1 is 1.00 bits per heavy atom. The molecule has 0 radical (unpaired) electrons. The number of para-hydroxylation sites is 1. The van der Waals surface area contributed by atoms with E-state index in [1.165, 1.54) is 36.6 Å². The maximum Gasteiger partial charge on any atom is 0.0704 e. The first-order valence-electron chi connectivity index (χ1n) is 6.89. The molecule has 0 spiro atoms. The van der Waals surface area contributed by atoms with Gasteiger partial charge in [0.15, 0.2) is 0 Å². The van der Waals surface area contributed by atoms with Crippen LogP contribution in [0.15, 0.2) is 36.5 Å². The highest BCUT2D eigenvalue weighted by Crippen LogP contribution is 2.23. The van der Waals surface area contributed by atoms with Crippen molar-refractivity contribution < 1.29 is 0 Å². The second-order valence-electron chi connectivity index (χ2n) is 6.25. The molecule has 0 N–H and O–H groups in total. The van der Waals surface area contributed by atoms with E-state index in [0.717, 1.165) is 5.52 Å². The number of unbranched alkanes of at least 4 members (excludes halogenated alkanes) is 1. The number of hydrogen-bond donors (Lipinski definition) is 0. The molecule has 0 saturated carbocycles. The van der Waals surface area contributed by atoms with Crippen molar-refractivity contribution in [3.63, 3.8) is 0 Å². The lowest BCUT2D eigenvalue weighted by molar-refractivity contribution is 0.360. The zero-order valence-electron chi connectivity index (χ0n) is 11.7. The molecule has 0 aliphatic rings. The molecule has 2 aromatic rings. The summed E-state index contributed by atoms with van der Waals surface area (Å²) in [5.74, 6) is 0. The first kappa shape index (κ1) is 13.1. The Bertz CT molecular complexity index is 503. The van der Waals surface area contributed by atoms with Crippen LogP contribution in [0.4, 0.5) is 0 Å². The number of aromatic nitrogens is 1. The molecule has 1 aromatic heterocycles. The van der Waals surface area contributed by atoms with E-state index in [9.17, 15) is 0 Å². The molecule has 96 valence electrons. The molecule has 1 heterocycles. The highest BCUT2D eigenvalue weighted by molar-refractivity contribution is 5.81. The number of aryl methyl sites for hydroxylation is 1. The molecule has 0 bridgehead atoms. The molecule has 1 aromatic carbocycles. The summed E-state index contributed by atoms with van der Waals surface area (Å²) in [4.78, 5) is 4.41. The molecule has 0 fully saturated rings. The standard InChI is InChI=1S/C17H23N/c1-17(2,3)12-7-6-8-14-11-13-18-16-10-5-4-9-15(14)16/h4-5,9-11,13H,6-8,12H2,1-3H3. The SMILES string of the molecule is CC(C)(C)CCCCc1ccnc2ccccc12. The normalized spacial score (nSPS) is 11.9. The fraction of sp³-hybridized carbons (Fsp3) is 0.471. The Balaban J connectivity index is 2.00. The van der Waals surface area contributed by atoms with Crippen LogP contribution in [0.2, 0.25) is 0 Å². The van der Waals surface area contributed by atoms with Crippen LogP contribution < -0.4 is 0 Å². The second-order valence-corrected chi connectivity index (χ2v) is 6.25. The van der Waals surface area contributed by atoms with Crippen LogP contribution >= 0.6 is 0 Å². The number of rotatable bonds is 4. The van der Waals surface area contributed by atoms with Crippen molar-refractivity contribution >= 4 is 10.9 Å². The van der Waals surface area contributed by atoms with Gasteiger partial charge in [-0.1, -0.05) is 45.4 Å². The second kappa shape index (κ2) is 5.51. The lowest BCUT2D eigenvalue weighted by Gasteiger charge is -2.17. The van der Waals surface area contributed by atoms with Gasteiger partial charge < -0.3 is 0 Å². The van der Waals surface area contributed by atoms with Gasteiger partial charge in [0, 0.05) is 11.6 Å². The van der Waals surface area contributed by atoms with E-state index in [1.54, 1.807) is 0 Å². The Morgan fingerprint density at radius 3 is 2.56 bits per heavy atom. The predicted octanol–water partition coefficient (Wildman–Crippen LogP) is 4.99. The quantitative estimate of drug-likeness (QED) is 0.687. The van der Waals surface area contributed by atoms with Crippen molar-refractivity contribution in [1.29, 1.82) is 0 Å². The molecular weight excluding hydrogens is 218 g/mol. The zero-order valence-corrected chi connectivity index (χ0v) is 11.7. The lowest BCUT2D eigenvalue weighted by atomic mass is 9.89. The third kappa shape index (κ3) is 3.56. The first-order valence-corrected chi connectivity index (χ1v) is 6.89. The maximum atomic E-state index is 4.41. The Labute approximate surface area is 110 Å². The third-order valence-corrected chi connectivity index (χ3v) is 3.36. The first-order chi connectivity index (χ1) is 8.56. The Kier molecular flexibility index (Phi) is 4.00. The van der Waals surface area contributed by atoms with Gasteiger partial charge in [-0.25, -0.2) is 0 Å². The number of nitrogens with zero attached hydrogens (tertiary/aromatic N) is 1. The van der Waals surface area contributed by atoms with Crippen molar-refractivity contribution in [2.45, 2.75) is 46.5 Å². The average Bonchev–Trinajstić information content (AvgIpc) is 2.33. The summed E-state index contributed by atoms with van der Waals surface area (Å²) in [6.07, 6.45) is 6.97. The van der Waals surface area contributed by atoms with Crippen LogP contribution in [-0.2, 0) is 6.42 Å². The Hall–Kier alpha value is -1.37. The minimum absolute atomic E-state index is 0.459. The maximum absolute atomic E-state index is 4.41. The van der Waals surface area contributed by atoms with Gasteiger partial charge in [0.1, 0.15) is 0 Å². The molecule has 1 nitrogen and oxygen atoms in total. The summed E-state index contributed by atoms with van der Waals surface area (Å²) in [5.41, 5.74) is 3.01. The minimum Gasteiger partial charge on any atom is -0.256 e. The fourth-order valence-corrected chi connectivity index (χ4v) is 2.34. The summed E-state index contributed by atoms with van der Waals surface area (Å²) in [6, 6.07) is 10.6. The van der Waals surface area contributed by atoms with Crippen molar-refractivity contribution in [3.05, 3.63) is 42.1 Å². The largest absolute Gasteiger partial charge is 0.256 e. The van der Waals surface area contributed by atoms with E-state index in [4.69, 9.17) is 0 Å². The monoisotopic (exact) mass is 241 g/mol. The molecule has 0 unspecified atom stereocenters. The molecule has 0 aliphatic heterocycles. The molecule has 1 heteroatoms. The smallest absolute Gasteiger partial charge is 0.0704 e. The number of fused-ring (bicyclic) bond motifs is 1. The predicted molar refractivity (Wildman–Crippen MR) is 78.8 cm³/mol. The van der Waals surface area contributed by atoms with Crippen molar-refractivity contribution in [3.8, 4) is 0 Å². The molecule has 0 amide bonds. The average molecular weight is 241 g/mol. The summed E-state index contributed by atoms with van der Waals surface area (Å²) in [7, 11) is 0. The summed E-state index contributed by atoms with van der Waals surface area (Å²) in [6.45, 7) is 6.94. The fourth-order valence-electron chi connectivity index (χ4n) is 2.34. The van der Waals surface area contributed by atoms with Crippen molar-refractivity contribution in [1.82, 2.24) is 4.98 Å². The van der Waals surface area contributed by atoms with E-state index < -0.39 is 0 Å². The van der Waals surface area contributed by atoms with Gasteiger partial charge in [0.2, 0.25) is 0 Å². The van der Waals surface area contributed by atoms with Crippen LogP contribution in [0.3, 0.4) is 0 Å². The summed E-state index contributed by atoms with van der Waals surface area (Å²) >= 11 is 0. The molecule has 0 aliphatic carbocycles. The van der Waals surface area contributed by atoms with E-state index >= 15 is 0 Å². The summed E-state index contributed by atoms with van der Waals surface area (Å²) in [5, 5.41) is 1.32. The molecule has 2 rings (SSSR count). The highest BCUT2D eigenvalue weighted by Gasteiger charge is 2.09. The van der Waals surface area contributed by atoms with E-state index in [1.807, 2.05) is 6.20 Å². The van der Waals surface area contributed by atoms with Gasteiger partial charge in [-0.05, 0) is 42.4 Å². The molecule has 0 atom stereocenters. The minimum atomic E-state index is 0.459. The van der Waals surface area contributed by atoms with Crippen LogP contribution in [-0.4, -0.2) is 4.98 Å². The van der Waals surface area contributed by atoms with E-state index in [-0.39, 0.29) is 0 Å². The third-order valence-electron chi connectivity index (χ3n) is 3.36. The highest BCUT2D eigenvalue weighted by atomic mass is 14.6. The van der Waals surface area contributed by atoms with Gasteiger partial charge in [-0.15, -0.1) is 0 Å². The zero-order chi connectivity index (χ0) is 13.0. The summed E-state index contributed by atoms with van der Waals surface area (Å²) < 4.78 is 0. The van der Waals surface area contributed by atoms with Gasteiger partial charge in [-0.2, -0.15) is 0 Å². The van der Waals surface area contributed by atoms with Crippen LogP contribution in [0.1, 0.15) is 45.6 Å². The van der Waals surface area contributed by atoms with Crippen molar-refractivity contribution in [2.24, 2.45) is 5.41 Å². The van der Waals surface area contributed by atoms with Crippen LogP contribution in [0, 0.1) is 5.41 Å². The number of hydrogen-bond acceptors (Lipinski definition) is 1. The van der Waals surface area contributed by atoms with E-state index in [0.29, 0.717) is 5.41 Å². The van der Waals surface area contributed by atoms with Gasteiger partial charge >= 0.3 is 0 Å². The number of pyridine rings is 1. The number of benzene rings is 1. The van der Waals surface area contributed by atoms with E-state index in [2.05, 4.69) is 56.1 Å². The molecule has 18 heavy (non-hydrogen) atoms. The Morgan fingerprint density at radius 2 is 1.78 bits per heavy atom. The van der Waals surface area contributed by atoms with Crippen molar-refractivity contribution in [2.75, 3.05) is 0 Å². The molecular formula is C17H23N. The van der Waals surface area contributed by atoms with Crippen LogP contribution in [0.5, 0.6) is 0 Å². The lowest BCUT2D eigenvalue weighted by Crippen LogP contribution is -2.04. The van der Waals surface area contributed by atoms with Gasteiger partial charge in [-0.3, -0.25) is 4.98 Å². The van der Waals surface area contributed by atoms with Crippen LogP contribution in [0.25, 0.3) is 10.9 Å². The topological polar surface area (TPSA) is 12.9 Å².